The molecule has 1 atom stereocenters. The van der Waals surface area contributed by atoms with E-state index >= 15 is 0 Å². The first kappa shape index (κ1) is 16.9. The minimum Gasteiger partial charge on any atom is -0.490 e. The molecule has 21 heavy (non-hydrogen) atoms. The van der Waals surface area contributed by atoms with Crippen molar-refractivity contribution in [3.05, 3.63) is 29.6 Å². The van der Waals surface area contributed by atoms with Gasteiger partial charge in [-0.3, -0.25) is 9.59 Å². The van der Waals surface area contributed by atoms with E-state index in [2.05, 4.69) is 5.32 Å². The highest BCUT2D eigenvalue weighted by Crippen LogP contribution is 2.22. The van der Waals surface area contributed by atoms with E-state index in [0.717, 1.165) is 0 Å². The molecule has 0 spiro atoms. The SMILES string of the molecule is CCCC(CNC(=O)c1cccc(F)c1OCC)C(=O)O. The van der Waals surface area contributed by atoms with Gasteiger partial charge in [0.15, 0.2) is 11.6 Å². The zero-order chi connectivity index (χ0) is 15.8. The number of hydrogen-bond donors (Lipinski definition) is 2. The van der Waals surface area contributed by atoms with Crippen molar-refractivity contribution in [2.75, 3.05) is 13.2 Å². The standard InChI is InChI=1S/C15H20FNO4/c1-3-6-10(15(19)20)9-17-14(18)11-7-5-8-12(16)13(11)21-4-2/h5,7-8,10H,3-4,6,9H2,1-2H3,(H,17,18)(H,19,20). The highest BCUT2D eigenvalue weighted by Gasteiger charge is 2.20. The lowest BCUT2D eigenvalue weighted by atomic mass is 10.0. The molecule has 6 heteroatoms. The van der Waals surface area contributed by atoms with Gasteiger partial charge in [0, 0.05) is 6.54 Å². The average Bonchev–Trinajstić information content (AvgIpc) is 2.45. The molecule has 0 radical (unpaired) electrons. The highest BCUT2D eigenvalue weighted by atomic mass is 19.1. The van der Waals surface area contributed by atoms with Crippen molar-refractivity contribution in [3.63, 3.8) is 0 Å². The first-order valence-corrected chi connectivity index (χ1v) is 6.93. The Balaban J connectivity index is 2.80. The lowest BCUT2D eigenvalue weighted by molar-refractivity contribution is -0.141. The Bertz CT molecular complexity index is 504. The Kier molecular flexibility index (Phi) is 6.65. The molecular weight excluding hydrogens is 277 g/mol. The van der Waals surface area contributed by atoms with Crippen LogP contribution in [0.3, 0.4) is 0 Å². The summed E-state index contributed by atoms with van der Waals surface area (Å²) in [6, 6.07) is 4.06. The summed E-state index contributed by atoms with van der Waals surface area (Å²) in [5, 5.41) is 11.6. The molecule has 1 rings (SSSR count). The van der Waals surface area contributed by atoms with Gasteiger partial charge in [-0.25, -0.2) is 4.39 Å². The van der Waals surface area contributed by atoms with E-state index < -0.39 is 23.6 Å². The quantitative estimate of drug-likeness (QED) is 0.773. The number of amides is 1. The third kappa shape index (κ3) is 4.73. The maximum Gasteiger partial charge on any atom is 0.308 e. The molecule has 0 bridgehead atoms. The lowest BCUT2D eigenvalue weighted by Crippen LogP contribution is -2.33. The number of benzene rings is 1. The number of para-hydroxylation sites is 1. The first-order valence-electron chi connectivity index (χ1n) is 6.93. The van der Waals surface area contributed by atoms with Crippen molar-refractivity contribution < 1.29 is 23.8 Å². The highest BCUT2D eigenvalue weighted by molar-refractivity contribution is 5.97. The fourth-order valence-electron chi connectivity index (χ4n) is 1.95. The lowest BCUT2D eigenvalue weighted by Gasteiger charge is -2.14. The number of rotatable bonds is 8. The molecule has 0 aliphatic carbocycles. The number of carbonyl (C=O) groups excluding carboxylic acids is 1. The van der Waals surface area contributed by atoms with Crippen molar-refractivity contribution in [2.24, 2.45) is 5.92 Å². The molecule has 2 N–H and O–H groups in total. The summed E-state index contributed by atoms with van der Waals surface area (Å²) in [7, 11) is 0. The molecule has 0 saturated heterocycles. The molecule has 5 nitrogen and oxygen atoms in total. The van der Waals surface area contributed by atoms with Crippen molar-refractivity contribution in [1.82, 2.24) is 5.32 Å². The van der Waals surface area contributed by atoms with E-state index in [4.69, 9.17) is 9.84 Å². The predicted molar refractivity (Wildman–Crippen MR) is 75.9 cm³/mol. The van der Waals surface area contributed by atoms with Gasteiger partial charge in [0.25, 0.3) is 5.91 Å². The Morgan fingerprint density at radius 2 is 2.10 bits per heavy atom. The van der Waals surface area contributed by atoms with Gasteiger partial charge in [0.1, 0.15) is 0 Å². The molecule has 0 fully saturated rings. The minimum atomic E-state index is -0.957. The fraction of sp³-hybridized carbons (Fsp3) is 0.467. The summed E-state index contributed by atoms with van der Waals surface area (Å²) < 4.78 is 18.8. The van der Waals surface area contributed by atoms with Crippen LogP contribution in [0.5, 0.6) is 5.75 Å². The number of carbonyl (C=O) groups is 2. The third-order valence-electron chi connectivity index (χ3n) is 3.00. The van der Waals surface area contributed by atoms with Gasteiger partial charge >= 0.3 is 5.97 Å². The number of carboxylic acids is 1. The molecule has 1 unspecified atom stereocenters. The predicted octanol–water partition coefficient (Wildman–Crippen LogP) is 2.46. The number of nitrogens with one attached hydrogen (secondary N) is 1. The largest absolute Gasteiger partial charge is 0.490 e. The van der Waals surface area contributed by atoms with E-state index in [1.807, 2.05) is 6.92 Å². The Hall–Kier alpha value is -2.11. The van der Waals surface area contributed by atoms with E-state index in [9.17, 15) is 14.0 Å². The third-order valence-corrected chi connectivity index (χ3v) is 3.00. The summed E-state index contributed by atoms with van der Waals surface area (Å²) in [6.07, 6.45) is 1.17. The van der Waals surface area contributed by atoms with Gasteiger partial charge in [0.05, 0.1) is 18.1 Å². The van der Waals surface area contributed by atoms with Gasteiger partial charge < -0.3 is 15.2 Å². The van der Waals surface area contributed by atoms with Gasteiger partial charge in [-0.15, -0.1) is 0 Å². The molecule has 0 aliphatic heterocycles. The van der Waals surface area contributed by atoms with Crippen molar-refractivity contribution in [1.29, 1.82) is 0 Å². The monoisotopic (exact) mass is 297 g/mol. The Morgan fingerprint density at radius 3 is 2.67 bits per heavy atom. The molecule has 1 amide bonds. The van der Waals surface area contributed by atoms with Gasteiger partial charge in [-0.05, 0) is 25.5 Å². The van der Waals surface area contributed by atoms with Crippen LogP contribution in [0.25, 0.3) is 0 Å². The van der Waals surface area contributed by atoms with Crippen LogP contribution in [0.2, 0.25) is 0 Å². The molecule has 1 aromatic rings. The molecule has 0 heterocycles. The number of hydrogen-bond acceptors (Lipinski definition) is 3. The smallest absolute Gasteiger partial charge is 0.308 e. The van der Waals surface area contributed by atoms with Gasteiger partial charge in [-0.2, -0.15) is 0 Å². The van der Waals surface area contributed by atoms with Crippen molar-refractivity contribution >= 4 is 11.9 Å². The van der Waals surface area contributed by atoms with E-state index in [-0.39, 0.29) is 24.5 Å². The van der Waals surface area contributed by atoms with Gasteiger partial charge in [0.2, 0.25) is 0 Å². The maximum atomic E-state index is 13.6. The van der Waals surface area contributed by atoms with Crippen LogP contribution in [0.15, 0.2) is 18.2 Å². The topological polar surface area (TPSA) is 75.6 Å². The molecular formula is C15H20FNO4. The maximum absolute atomic E-state index is 13.6. The molecule has 1 aromatic carbocycles. The van der Waals surface area contributed by atoms with Crippen LogP contribution in [-0.4, -0.2) is 30.1 Å². The van der Waals surface area contributed by atoms with Crippen molar-refractivity contribution in [2.45, 2.75) is 26.7 Å². The molecule has 116 valence electrons. The molecule has 0 aliphatic rings. The van der Waals surface area contributed by atoms with Crippen LogP contribution in [0, 0.1) is 11.7 Å². The number of ether oxygens (including phenoxy) is 1. The second-order valence-electron chi connectivity index (χ2n) is 4.58. The summed E-state index contributed by atoms with van der Waals surface area (Å²) in [5.41, 5.74) is 0.0671. The summed E-state index contributed by atoms with van der Waals surface area (Å²) >= 11 is 0. The minimum absolute atomic E-state index is 0.00405. The van der Waals surface area contributed by atoms with Crippen LogP contribution in [0.4, 0.5) is 4.39 Å². The number of carboxylic acid groups (broad SMARTS) is 1. The average molecular weight is 297 g/mol. The van der Waals surface area contributed by atoms with Crippen LogP contribution in [-0.2, 0) is 4.79 Å². The summed E-state index contributed by atoms with van der Waals surface area (Å²) in [5.74, 6) is -2.88. The Labute approximate surface area is 123 Å². The summed E-state index contributed by atoms with van der Waals surface area (Å²) in [4.78, 5) is 23.1. The first-order chi connectivity index (χ1) is 10.0. The van der Waals surface area contributed by atoms with Crippen LogP contribution in [0.1, 0.15) is 37.0 Å². The van der Waals surface area contributed by atoms with Crippen molar-refractivity contribution in [3.8, 4) is 5.75 Å². The number of halogens is 1. The Morgan fingerprint density at radius 1 is 1.38 bits per heavy atom. The number of aliphatic carboxylic acids is 1. The zero-order valence-corrected chi connectivity index (χ0v) is 12.2. The van der Waals surface area contributed by atoms with Gasteiger partial charge in [-0.1, -0.05) is 19.4 Å². The normalized spacial score (nSPS) is 11.8. The zero-order valence-electron chi connectivity index (χ0n) is 12.2. The fourth-order valence-corrected chi connectivity index (χ4v) is 1.95. The van der Waals surface area contributed by atoms with Crippen LogP contribution < -0.4 is 10.1 Å². The van der Waals surface area contributed by atoms with Crippen LogP contribution >= 0.6 is 0 Å². The second-order valence-corrected chi connectivity index (χ2v) is 4.58. The second kappa shape index (κ2) is 8.24. The molecule has 0 aromatic heterocycles. The molecule has 0 saturated carbocycles. The van der Waals surface area contributed by atoms with E-state index in [1.54, 1.807) is 6.92 Å². The van der Waals surface area contributed by atoms with E-state index in [0.29, 0.717) is 12.8 Å². The summed E-state index contributed by atoms with van der Waals surface area (Å²) in [6.45, 7) is 3.80. The van der Waals surface area contributed by atoms with E-state index in [1.165, 1.54) is 18.2 Å².